The van der Waals surface area contributed by atoms with E-state index in [2.05, 4.69) is 21.3 Å². The van der Waals surface area contributed by atoms with Crippen molar-refractivity contribution in [2.24, 2.45) is 70.0 Å². The minimum atomic E-state index is -1.89. The van der Waals surface area contributed by atoms with Gasteiger partial charge in [0.15, 0.2) is 12.4 Å². The number of hydrogen-bond donors (Lipinski definition) is 6. The van der Waals surface area contributed by atoms with Gasteiger partial charge in [0.05, 0.1) is 38.7 Å². The number of rotatable bonds is 29. The average molecular weight is 1790 g/mol. The van der Waals surface area contributed by atoms with E-state index in [1.807, 2.05) is 75.3 Å². The van der Waals surface area contributed by atoms with Gasteiger partial charge >= 0.3 is 18.1 Å². The molecule has 127 heavy (non-hydrogen) atoms. The van der Waals surface area contributed by atoms with E-state index in [1.165, 1.54) is 93.8 Å². The monoisotopic (exact) mass is 1790 g/mol. The maximum atomic E-state index is 15.9. The maximum Gasteiger partial charge on any atom is 0.508 e. The zero-order chi connectivity index (χ0) is 96.1. The number of likely N-dealkylation sites (N-methyl/N-ethyl adjacent to an activating group) is 7. The van der Waals surface area contributed by atoms with Gasteiger partial charge in [0, 0.05) is 79.1 Å². The lowest BCUT2D eigenvalue weighted by Gasteiger charge is -2.59. The first-order chi connectivity index (χ1) is 59.2. The van der Waals surface area contributed by atoms with E-state index in [0.717, 1.165) is 15.4 Å². The zero-order valence-electron chi connectivity index (χ0n) is 80.3. The Morgan fingerprint density at radius 3 is 1.65 bits per heavy atom. The molecule has 716 valence electrons. The fourth-order valence-electron chi connectivity index (χ4n) is 19.0. The number of fused-ring (bicyclic) bond motifs is 5. The van der Waals surface area contributed by atoms with E-state index in [-0.39, 0.29) is 131 Å². The molecule has 3 saturated carbocycles. The number of carbonyl (C=O) groups is 16. The van der Waals surface area contributed by atoms with Crippen LogP contribution in [0.25, 0.3) is 0 Å². The molecular formula is C93H151N11O23. The minimum Gasteiger partial charge on any atom is -0.463 e. The van der Waals surface area contributed by atoms with Crippen LogP contribution in [0, 0.1) is 70.0 Å². The van der Waals surface area contributed by atoms with E-state index in [4.69, 9.17) is 23.7 Å². The number of hydrogen-bond acceptors (Lipinski definition) is 23. The van der Waals surface area contributed by atoms with Crippen LogP contribution in [-0.4, -0.2) is 306 Å². The lowest BCUT2D eigenvalue weighted by Crippen LogP contribution is -2.64. The van der Waals surface area contributed by atoms with Crippen LogP contribution < -0.4 is 21.3 Å². The van der Waals surface area contributed by atoms with Crippen LogP contribution >= 0.6 is 0 Å². The lowest BCUT2D eigenvalue weighted by atomic mass is 9.46. The highest BCUT2D eigenvalue weighted by Crippen LogP contribution is 2.67. The molecule has 0 bridgehead atoms. The molecule has 11 amide bonds. The number of nitrogens with zero attached hydrogens (tertiary/aromatic N) is 7. The molecule has 1 aliphatic heterocycles. The van der Waals surface area contributed by atoms with Crippen LogP contribution in [0.5, 0.6) is 0 Å². The molecule has 0 aromatic heterocycles. The lowest BCUT2D eigenvalue weighted by molar-refractivity contribution is -0.181. The molecule has 5 rings (SSSR count). The van der Waals surface area contributed by atoms with Crippen molar-refractivity contribution in [3.05, 3.63) is 36.0 Å². The van der Waals surface area contributed by atoms with Gasteiger partial charge in [-0.2, -0.15) is 0 Å². The molecule has 19 atom stereocenters. The van der Waals surface area contributed by atoms with Crippen LogP contribution in [0.15, 0.2) is 36.0 Å². The molecule has 6 N–H and O–H groups in total. The summed E-state index contributed by atoms with van der Waals surface area (Å²) >= 11 is 0. The molecule has 0 aromatic rings. The molecular weight excluding hydrogens is 1640 g/mol. The number of aliphatic hydroxyl groups excluding tert-OH is 1. The minimum absolute atomic E-state index is 0.0356. The van der Waals surface area contributed by atoms with Crippen molar-refractivity contribution in [2.45, 2.75) is 300 Å². The van der Waals surface area contributed by atoms with Gasteiger partial charge in [-0.25, -0.2) is 4.79 Å². The maximum absolute atomic E-state index is 15.9. The Kier molecular flexibility index (Phi) is 40.9. The summed E-state index contributed by atoms with van der Waals surface area (Å²) in [5.74, 6) is -14.1. The molecule has 0 aromatic carbocycles. The standard InChI is InChI=1S/C93H151N11O23/c1-27-29-31-58(15)79(127-90(121)125-41-30-40-123-42-43-124-73(109)34-35-74(110)126-51-71(107)93(122)39-37-64-63-33-32-61-48-62(105)36-38-91(61,18)75(63)70(106)49-92(64,93)19)78-83(114)96-65(28-2)85(116)98(20)50-72(108)99(21)66(44-52(3)4)82(113)97-76(56(11)12)88(119)100(22)67(45-53(5)6)81(112)94-59(16)80(111)95-60(17)84(115)101(23)68(46-54(7)8)86(117)102(24)69(47-55(9)10)87(118)103(25)77(57(13)14)89(120)104(78)26/h27,29,36,38,48,52-60,63-70,75-79,106,122H,28,30-35,37,39-47,49-51H2,1-26H3,(H,94,112)(H,95,111)(H,96,114)(H,97,113)/b29-27+/t58-,59?,60?,63?,64?,65?,66+,67?,68?,69?,70+,75?,76?,77?,78?,79?,91+,92+,93+/m1/s1. The topological polar surface area (TPSA) is 431 Å². The number of aliphatic hydroxyl groups is 2. The van der Waals surface area contributed by atoms with Crippen molar-refractivity contribution in [3.8, 4) is 0 Å². The number of allylic oxidation sites excluding steroid dienone is 6. The summed E-state index contributed by atoms with van der Waals surface area (Å²) in [4.78, 5) is 239. The third-order valence-electron chi connectivity index (χ3n) is 26.4. The van der Waals surface area contributed by atoms with Crippen molar-refractivity contribution in [3.63, 3.8) is 0 Å². The van der Waals surface area contributed by atoms with Crippen LogP contribution in [0.3, 0.4) is 0 Å². The summed E-state index contributed by atoms with van der Waals surface area (Å²) in [6.07, 6.45) is 6.47. The van der Waals surface area contributed by atoms with Crippen molar-refractivity contribution in [1.29, 1.82) is 0 Å². The smallest absolute Gasteiger partial charge is 0.463 e. The van der Waals surface area contributed by atoms with E-state index in [0.29, 0.717) is 19.3 Å². The van der Waals surface area contributed by atoms with Gasteiger partial charge in [0.2, 0.25) is 70.8 Å². The first kappa shape index (κ1) is 108. The van der Waals surface area contributed by atoms with Crippen LogP contribution in [0.2, 0.25) is 0 Å². The molecule has 0 spiro atoms. The van der Waals surface area contributed by atoms with Gasteiger partial charge in [-0.05, 0) is 157 Å². The third-order valence-corrected chi connectivity index (χ3v) is 26.4. The molecule has 13 unspecified atom stereocenters. The Morgan fingerprint density at radius 1 is 0.567 bits per heavy atom. The zero-order valence-corrected chi connectivity index (χ0v) is 80.3. The summed E-state index contributed by atoms with van der Waals surface area (Å²) in [6, 6.07) is -13.4. The summed E-state index contributed by atoms with van der Waals surface area (Å²) in [6.45, 7) is 31.0. The number of ether oxygens (including phenoxy) is 5. The molecule has 4 fully saturated rings. The van der Waals surface area contributed by atoms with Gasteiger partial charge in [0.25, 0.3) is 0 Å². The van der Waals surface area contributed by atoms with Crippen molar-refractivity contribution < 1.29 is 111 Å². The highest BCUT2D eigenvalue weighted by molar-refractivity contribution is 6.02. The van der Waals surface area contributed by atoms with Crippen LogP contribution in [0.4, 0.5) is 4.79 Å². The normalized spacial score (nSPS) is 29.7. The number of carbonyl (C=O) groups excluding carboxylic acids is 16. The van der Waals surface area contributed by atoms with Crippen molar-refractivity contribution in [2.75, 3.05) is 88.9 Å². The van der Waals surface area contributed by atoms with Gasteiger partial charge in [-0.15, -0.1) is 0 Å². The average Bonchev–Trinajstić information content (AvgIpc) is 1.58. The molecule has 34 nitrogen and oxygen atoms in total. The fourth-order valence-corrected chi connectivity index (χ4v) is 19.0. The Bertz CT molecular complexity index is 3990. The van der Waals surface area contributed by atoms with E-state index in [9.17, 15) is 67.7 Å². The van der Waals surface area contributed by atoms with Crippen molar-refractivity contribution in [1.82, 2.24) is 55.6 Å². The Balaban J connectivity index is 1.41. The number of Topliss-reactive ketones (excluding diaryl/α,β-unsaturated/α-hetero) is 1. The molecule has 5 aliphatic rings. The Labute approximate surface area is 751 Å². The highest BCUT2D eigenvalue weighted by Gasteiger charge is 2.68. The van der Waals surface area contributed by atoms with E-state index < -0.39 is 222 Å². The summed E-state index contributed by atoms with van der Waals surface area (Å²) in [7, 11) is 9.61. The molecule has 4 aliphatic carbocycles. The van der Waals surface area contributed by atoms with Gasteiger partial charge in [0.1, 0.15) is 78.7 Å². The Morgan fingerprint density at radius 2 is 1.09 bits per heavy atom. The van der Waals surface area contributed by atoms with Crippen LogP contribution in [0.1, 0.15) is 221 Å². The third kappa shape index (κ3) is 27.5. The Hall–Kier alpha value is -9.18. The quantitative estimate of drug-likeness (QED) is 0.0207. The van der Waals surface area contributed by atoms with Gasteiger partial charge < -0.3 is 89.5 Å². The second-order valence-electron chi connectivity index (χ2n) is 38.7. The van der Waals surface area contributed by atoms with Gasteiger partial charge in [-0.3, -0.25) is 71.9 Å². The molecule has 34 heteroatoms. The number of nitrogens with one attached hydrogen (secondary N) is 4. The molecule has 0 radical (unpaired) electrons. The van der Waals surface area contributed by atoms with Gasteiger partial charge in [-0.1, -0.05) is 135 Å². The molecule has 1 saturated heterocycles. The summed E-state index contributed by atoms with van der Waals surface area (Å²) in [5.41, 5.74) is -2.47. The summed E-state index contributed by atoms with van der Waals surface area (Å²) < 4.78 is 28.0. The van der Waals surface area contributed by atoms with Crippen LogP contribution in [-0.2, 0) is 95.6 Å². The van der Waals surface area contributed by atoms with Crippen molar-refractivity contribution >= 4 is 94.6 Å². The largest absolute Gasteiger partial charge is 0.508 e. The number of amides is 11. The number of esters is 2. The molecule has 1 heterocycles. The predicted octanol–water partition coefficient (Wildman–Crippen LogP) is 6.28. The van der Waals surface area contributed by atoms with E-state index in [1.54, 1.807) is 66.7 Å². The SMILES string of the molecule is C/C=C/C[C@@H](C)C(OC(=O)OCCCOCCOC(=O)CCC(=O)OCC(=O)[C@@]1(O)CCC2C3CCC4=CC(=O)C=C[C@]4(C)C3[C@@H](O)C[C@@]21C)C1C(=O)NC(CC)C(=O)N(C)CC(=O)N(C)[C@@H](CC(C)C)C(=O)NC(C(C)C)C(=O)N(C)C(CC(C)C)C(=O)NC(C)C(=O)NC(C)C(=O)N(C)C(CC(C)C)C(=O)N(C)C(CC(C)C)C(=O)N(C)C(C(C)C)C(=O)N1C. The predicted molar refractivity (Wildman–Crippen MR) is 473 cm³/mol. The second kappa shape index (κ2) is 47.9. The number of ketones is 2. The van der Waals surface area contributed by atoms with E-state index >= 15 is 19.2 Å². The second-order valence-corrected chi connectivity index (χ2v) is 38.7. The highest BCUT2D eigenvalue weighted by atomic mass is 16.7. The fraction of sp³-hybridized carbons (Fsp3) is 0.763. The first-order valence-electron chi connectivity index (χ1n) is 45.5. The summed E-state index contributed by atoms with van der Waals surface area (Å²) in [5, 5.41) is 34.9. The first-order valence-corrected chi connectivity index (χ1v) is 45.5.